The summed E-state index contributed by atoms with van der Waals surface area (Å²) < 4.78 is 9.98. The average molecular weight is 309 g/mol. The van der Waals surface area contributed by atoms with Gasteiger partial charge in [0.05, 0.1) is 25.7 Å². The van der Waals surface area contributed by atoms with Crippen molar-refractivity contribution < 1.29 is 24.2 Å². The molecular formula is C16H23NO5. The summed E-state index contributed by atoms with van der Waals surface area (Å²) in [5, 5.41) is 12.2. The molecule has 0 aliphatic carbocycles. The standard InChI is InChI=1S/C16H23NO5/c1-5-22-16(20)17-14(13(10(2)3)15(18)19)11-6-8-12(21-4)9-7-11/h6-10,13-14H,5H2,1-4H3,(H,17,20)(H,18,19). The van der Waals surface area contributed by atoms with Crippen LogP contribution in [-0.4, -0.2) is 30.9 Å². The predicted molar refractivity (Wildman–Crippen MR) is 81.9 cm³/mol. The molecule has 0 aromatic heterocycles. The topological polar surface area (TPSA) is 84.9 Å². The van der Waals surface area contributed by atoms with Crippen molar-refractivity contribution in [1.29, 1.82) is 0 Å². The molecule has 0 saturated heterocycles. The zero-order valence-corrected chi connectivity index (χ0v) is 13.3. The highest BCUT2D eigenvalue weighted by Gasteiger charge is 2.33. The number of carboxylic acid groups (broad SMARTS) is 1. The van der Waals surface area contributed by atoms with Crippen molar-refractivity contribution in [2.75, 3.05) is 13.7 Å². The van der Waals surface area contributed by atoms with Crippen LogP contribution >= 0.6 is 0 Å². The van der Waals surface area contributed by atoms with E-state index in [1.807, 2.05) is 13.8 Å². The van der Waals surface area contributed by atoms with Crippen LogP contribution in [0.15, 0.2) is 24.3 Å². The summed E-state index contributed by atoms with van der Waals surface area (Å²) in [5.41, 5.74) is 0.690. The average Bonchev–Trinajstić information content (AvgIpc) is 2.46. The minimum absolute atomic E-state index is 0.161. The first kappa shape index (κ1) is 17.8. The lowest BCUT2D eigenvalue weighted by molar-refractivity contribution is -0.144. The molecule has 0 heterocycles. The monoisotopic (exact) mass is 309 g/mol. The maximum absolute atomic E-state index is 11.7. The second-order valence-corrected chi connectivity index (χ2v) is 5.22. The number of carbonyl (C=O) groups is 2. The van der Waals surface area contributed by atoms with Gasteiger partial charge in [-0.05, 0) is 30.5 Å². The van der Waals surface area contributed by atoms with Gasteiger partial charge in [-0.3, -0.25) is 4.79 Å². The number of benzene rings is 1. The van der Waals surface area contributed by atoms with Crippen LogP contribution < -0.4 is 10.1 Å². The fourth-order valence-electron chi connectivity index (χ4n) is 2.30. The molecule has 2 N–H and O–H groups in total. The predicted octanol–water partition coefficient (Wildman–Crippen LogP) is 2.84. The molecule has 0 radical (unpaired) electrons. The SMILES string of the molecule is CCOC(=O)NC(c1ccc(OC)cc1)C(C(=O)O)C(C)C. The molecule has 1 aromatic rings. The lowest BCUT2D eigenvalue weighted by Gasteiger charge is -2.28. The molecule has 0 aliphatic rings. The summed E-state index contributed by atoms with van der Waals surface area (Å²) in [7, 11) is 1.55. The van der Waals surface area contributed by atoms with Gasteiger partial charge in [0.15, 0.2) is 0 Å². The van der Waals surface area contributed by atoms with Crippen molar-refractivity contribution in [2.45, 2.75) is 26.8 Å². The first-order chi connectivity index (χ1) is 10.4. The molecule has 0 aliphatic heterocycles. The molecular weight excluding hydrogens is 286 g/mol. The first-order valence-corrected chi connectivity index (χ1v) is 7.20. The Morgan fingerprint density at radius 1 is 1.23 bits per heavy atom. The summed E-state index contributed by atoms with van der Waals surface area (Å²) in [5.74, 6) is -1.23. The van der Waals surface area contributed by atoms with Gasteiger partial charge in [0.2, 0.25) is 0 Å². The van der Waals surface area contributed by atoms with Gasteiger partial charge < -0.3 is 19.9 Å². The third kappa shape index (κ3) is 4.65. The van der Waals surface area contributed by atoms with Gasteiger partial charge in [0.1, 0.15) is 5.75 Å². The Balaban J connectivity index is 3.12. The Labute approximate surface area is 130 Å². The van der Waals surface area contributed by atoms with E-state index in [1.54, 1.807) is 38.3 Å². The molecule has 6 heteroatoms. The van der Waals surface area contributed by atoms with Crippen molar-refractivity contribution in [3.8, 4) is 5.75 Å². The van der Waals surface area contributed by atoms with E-state index in [1.165, 1.54) is 0 Å². The van der Waals surface area contributed by atoms with Crippen molar-refractivity contribution in [3.63, 3.8) is 0 Å². The zero-order valence-electron chi connectivity index (χ0n) is 13.3. The number of carbonyl (C=O) groups excluding carboxylic acids is 1. The van der Waals surface area contributed by atoms with Crippen LogP contribution in [0.4, 0.5) is 4.79 Å². The van der Waals surface area contributed by atoms with E-state index in [-0.39, 0.29) is 12.5 Å². The second-order valence-electron chi connectivity index (χ2n) is 5.22. The fraction of sp³-hybridized carbons (Fsp3) is 0.500. The molecule has 6 nitrogen and oxygen atoms in total. The van der Waals surface area contributed by atoms with Crippen LogP contribution in [0.2, 0.25) is 0 Å². The maximum atomic E-state index is 11.7. The van der Waals surface area contributed by atoms with E-state index in [4.69, 9.17) is 9.47 Å². The smallest absolute Gasteiger partial charge is 0.407 e. The lowest BCUT2D eigenvalue weighted by atomic mass is 9.84. The molecule has 1 rings (SSSR count). The highest BCUT2D eigenvalue weighted by atomic mass is 16.5. The summed E-state index contributed by atoms with van der Waals surface area (Å²) in [6.07, 6.45) is -0.629. The molecule has 2 unspecified atom stereocenters. The molecule has 0 fully saturated rings. The largest absolute Gasteiger partial charge is 0.497 e. The quantitative estimate of drug-likeness (QED) is 0.809. The van der Waals surface area contributed by atoms with E-state index < -0.39 is 24.0 Å². The number of ether oxygens (including phenoxy) is 2. The van der Waals surface area contributed by atoms with Crippen LogP contribution in [0.1, 0.15) is 32.4 Å². The number of nitrogens with one attached hydrogen (secondary N) is 1. The fourth-order valence-corrected chi connectivity index (χ4v) is 2.30. The Bertz CT molecular complexity index is 498. The van der Waals surface area contributed by atoms with Gasteiger partial charge in [0.25, 0.3) is 0 Å². The van der Waals surface area contributed by atoms with Gasteiger partial charge in [0, 0.05) is 0 Å². The first-order valence-electron chi connectivity index (χ1n) is 7.20. The van der Waals surface area contributed by atoms with Gasteiger partial charge in [-0.2, -0.15) is 0 Å². The lowest BCUT2D eigenvalue weighted by Crippen LogP contribution is -2.39. The molecule has 0 bridgehead atoms. The normalized spacial score (nSPS) is 13.3. The van der Waals surface area contributed by atoms with Crippen LogP contribution in [0.25, 0.3) is 0 Å². The Morgan fingerprint density at radius 3 is 2.23 bits per heavy atom. The Morgan fingerprint density at radius 2 is 1.82 bits per heavy atom. The third-order valence-electron chi connectivity index (χ3n) is 3.39. The molecule has 22 heavy (non-hydrogen) atoms. The minimum Gasteiger partial charge on any atom is -0.497 e. The van der Waals surface area contributed by atoms with Crippen molar-refractivity contribution in [1.82, 2.24) is 5.32 Å². The van der Waals surface area contributed by atoms with Crippen molar-refractivity contribution in [3.05, 3.63) is 29.8 Å². The number of methoxy groups -OCH3 is 1. The van der Waals surface area contributed by atoms with Crippen LogP contribution in [0, 0.1) is 11.8 Å². The van der Waals surface area contributed by atoms with E-state index in [0.29, 0.717) is 11.3 Å². The minimum atomic E-state index is -0.965. The number of aliphatic carboxylic acids is 1. The number of hydrogen-bond acceptors (Lipinski definition) is 4. The zero-order chi connectivity index (χ0) is 16.7. The number of alkyl carbamates (subject to hydrolysis) is 1. The number of rotatable bonds is 7. The van der Waals surface area contributed by atoms with Gasteiger partial charge in [-0.1, -0.05) is 26.0 Å². The summed E-state index contributed by atoms with van der Waals surface area (Å²) in [4.78, 5) is 23.3. The maximum Gasteiger partial charge on any atom is 0.407 e. The van der Waals surface area contributed by atoms with Gasteiger partial charge >= 0.3 is 12.1 Å². The number of amides is 1. The van der Waals surface area contributed by atoms with Crippen molar-refractivity contribution >= 4 is 12.1 Å². The van der Waals surface area contributed by atoms with Gasteiger partial charge in [-0.15, -0.1) is 0 Å². The molecule has 1 amide bonds. The molecule has 0 saturated carbocycles. The van der Waals surface area contributed by atoms with E-state index in [0.717, 1.165) is 0 Å². The Hall–Kier alpha value is -2.24. The number of carboxylic acids is 1. The molecule has 1 aromatic carbocycles. The summed E-state index contributed by atoms with van der Waals surface area (Å²) in [6.45, 7) is 5.53. The Kier molecular flexibility index (Phi) is 6.69. The van der Waals surface area contributed by atoms with E-state index in [9.17, 15) is 14.7 Å². The highest BCUT2D eigenvalue weighted by Crippen LogP contribution is 2.29. The van der Waals surface area contributed by atoms with Crippen LogP contribution in [0.5, 0.6) is 5.75 Å². The van der Waals surface area contributed by atoms with E-state index >= 15 is 0 Å². The van der Waals surface area contributed by atoms with E-state index in [2.05, 4.69) is 5.32 Å². The highest BCUT2D eigenvalue weighted by molar-refractivity contribution is 5.74. The summed E-state index contributed by atoms with van der Waals surface area (Å²) >= 11 is 0. The summed E-state index contributed by atoms with van der Waals surface area (Å²) in [6, 6.07) is 6.27. The van der Waals surface area contributed by atoms with Crippen LogP contribution in [-0.2, 0) is 9.53 Å². The van der Waals surface area contributed by atoms with Gasteiger partial charge in [-0.25, -0.2) is 4.79 Å². The third-order valence-corrected chi connectivity index (χ3v) is 3.39. The molecule has 122 valence electrons. The molecule has 0 spiro atoms. The molecule has 2 atom stereocenters. The number of hydrogen-bond donors (Lipinski definition) is 2. The van der Waals surface area contributed by atoms with Crippen LogP contribution in [0.3, 0.4) is 0 Å². The second kappa shape index (κ2) is 8.26. The van der Waals surface area contributed by atoms with Crippen molar-refractivity contribution in [2.24, 2.45) is 11.8 Å².